The number of imidazole rings is 1. The van der Waals surface area contributed by atoms with E-state index in [0.29, 0.717) is 29.9 Å². The first-order chi connectivity index (χ1) is 9.33. The van der Waals surface area contributed by atoms with Gasteiger partial charge in [0.1, 0.15) is 5.82 Å². The fourth-order valence-electron chi connectivity index (χ4n) is 1.84. The maximum atomic E-state index is 13.0. The van der Waals surface area contributed by atoms with Crippen LogP contribution in [0, 0.1) is 5.82 Å². The summed E-state index contributed by atoms with van der Waals surface area (Å²) < 4.78 is 13.0. The number of amides is 1. The first-order valence-corrected chi connectivity index (χ1v) is 6.54. The van der Waals surface area contributed by atoms with Gasteiger partial charge in [-0.15, -0.1) is 0 Å². The number of nitrogens with one attached hydrogen (secondary N) is 3. The molecule has 0 saturated carbocycles. The maximum absolute atomic E-state index is 13.0. The topological polar surface area (TPSA) is 69.8 Å². The Balaban J connectivity index is 1.88. The zero-order chi connectivity index (χ0) is 14.8. The number of hydrogen-bond acceptors (Lipinski definition) is 3. The molecule has 1 aromatic carbocycles. The van der Waals surface area contributed by atoms with E-state index in [4.69, 9.17) is 0 Å². The largest absolute Gasteiger partial charge is 0.355 e. The summed E-state index contributed by atoms with van der Waals surface area (Å²) in [7, 11) is 0. The van der Waals surface area contributed by atoms with E-state index >= 15 is 0 Å². The number of carbonyl (C=O) groups excluding carboxylic acids is 1. The van der Waals surface area contributed by atoms with Crippen LogP contribution >= 0.6 is 0 Å². The number of anilines is 1. The average Bonchev–Trinajstić information content (AvgIpc) is 2.68. The van der Waals surface area contributed by atoms with E-state index in [-0.39, 0.29) is 17.3 Å². The quantitative estimate of drug-likeness (QED) is 0.804. The Bertz CT molecular complexity index is 615. The fraction of sp³-hybridized carbons (Fsp3) is 0.429. The number of nitrogens with zero attached hydrogens (tertiary/aromatic N) is 1. The van der Waals surface area contributed by atoms with Crippen LogP contribution in [0.25, 0.3) is 11.0 Å². The van der Waals surface area contributed by atoms with Crippen LogP contribution in [-0.2, 0) is 4.79 Å². The molecular weight excluding hydrogens is 259 g/mol. The summed E-state index contributed by atoms with van der Waals surface area (Å²) in [5.41, 5.74) is 1.09. The summed E-state index contributed by atoms with van der Waals surface area (Å²) in [6, 6.07) is 4.36. The molecule has 0 radical (unpaired) electrons. The lowest BCUT2D eigenvalue weighted by Crippen LogP contribution is -2.41. The van der Waals surface area contributed by atoms with Crippen molar-refractivity contribution >= 4 is 22.9 Å². The van der Waals surface area contributed by atoms with Gasteiger partial charge in [-0.25, -0.2) is 9.37 Å². The number of halogens is 1. The van der Waals surface area contributed by atoms with Gasteiger partial charge in [0, 0.05) is 18.5 Å². The predicted molar refractivity (Wildman–Crippen MR) is 77.1 cm³/mol. The summed E-state index contributed by atoms with van der Waals surface area (Å²) in [5, 5.41) is 5.90. The van der Waals surface area contributed by atoms with Gasteiger partial charge in [-0.05, 0) is 39.0 Å². The van der Waals surface area contributed by atoms with Crippen molar-refractivity contribution in [1.82, 2.24) is 15.3 Å². The third-order valence-corrected chi connectivity index (χ3v) is 2.60. The lowest BCUT2D eigenvalue weighted by Gasteiger charge is -2.20. The minimum atomic E-state index is -0.308. The Morgan fingerprint density at radius 2 is 2.15 bits per heavy atom. The first-order valence-electron chi connectivity index (χ1n) is 6.54. The lowest BCUT2D eigenvalue weighted by molar-refractivity contribution is -0.122. The molecule has 20 heavy (non-hydrogen) atoms. The van der Waals surface area contributed by atoms with Crippen molar-refractivity contribution in [1.29, 1.82) is 0 Å². The molecule has 0 aliphatic carbocycles. The van der Waals surface area contributed by atoms with Crippen molar-refractivity contribution in [2.75, 3.05) is 11.9 Å². The second-order valence-corrected chi connectivity index (χ2v) is 5.72. The third-order valence-electron chi connectivity index (χ3n) is 2.60. The highest BCUT2D eigenvalue weighted by molar-refractivity contribution is 5.78. The van der Waals surface area contributed by atoms with Crippen LogP contribution in [0.1, 0.15) is 27.2 Å². The molecule has 0 unspecified atom stereocenters. The number of aromatic nitrogens is 2. The fourth-order valence-corrected chi connectivity index (χ4v) is 1.84. The summed E-state index contributed by atoms with van der Waals surface area (Å²) >= 11 is 0. The standard InChI is InChI=1S/C14H19FN4O/c1-14(2,3)19-12(20)6-7-16-13-17-10-5-4-9(15)8-11(10)18-13/h4-5,8H,6-7H2,1-3H3,(H,19,20)(H2,16,17,18). The van der Waals surface area contributed by atoms with E-state index in [9.17, 15) is 9.18 Å². The Hall–Kier alpha value is -2.11. The predicted octanol–water partition coefficient (Wildman–Crippen LogP) is 2.42. The summed E-state index contributed by atoms with van der Waals surface area (Å²) in [6.45, 7) is 6.27. The lowest BCUT2D eigenvalue weighted by atomic mass is 10.1. The van der Waals surface area contributed by atoms with Crippen molar-refractivity contribution < 1.29 is 9.18 Å². The molecule has 2 rings (SSSR count). The molecule has 0 atom stereocenters. The number of aromatic amines is 1. The zero-order valence-corrected chi connectivity index (χ0v) is 11.9. The number of H-pyrrole nitrogens is 1. The molecule has 6 heteroatoms. The van der Waals surface area contributed by atoms with Crippen LogP contribution in [0.3, 0.4) is 0 Å². The van der Waals surface area contributed by atoms with Gasteiger partial charge in [0.2, 0.25) is 11.9 Å². The van der Waals surface area contributed by atoms with Crippen LogP contribution in [0.4, 0.5) is 10.3 Å². The van der Waals surface area contributed by atoms with Crippen molar-refractivity contribution in [2.45, 2.75) is 32.7 Å². The van der Waals surface area contributed by atoms with Gasteiger partial charge < -0.3 is 15.6 Å². The molecule has 0 aliphatic rings. The number of carbonyl (C=O) groups is 1. The Labute approximate surface area is 117 Å². The van der Waals surface area contributed by atoms with Gasteiger partial charge in [0.25, 0.3) is 0 Å². The van der Waals surface area contributed by atoms with Crippen molar-refractivity contribution in [2.24, 2.45) is 0 Å². The molecule has 3 N–H and O–H groups in total. The Morgan fingerprint density at radius 3 is 2.85 bits per heavy atom. The Kier molecular flexibility index (Phi) is 3.92. The van der Waals surface area contributed by atoms with E-state index in [0.717, 1.165) is 0 Å². The molecule has 5 nitrogen and oxygen atoms in total. The second-order valence-electron chi connectivity index (χ2n) is 5.72. The molecule has 0 aliphatic heterocycles. The molecular formula is C14H19FN4O. The summed E-state index contributed by atoms with van der Waals surface area (Å²) in [5.74, 6) is 0.207. The van der Waals surface area contributed by atoms with Crippen LogP contribution in [0.2, 0.25) is 0 Å². The van der Waals surface area contributed by atoms with E-state index in [1.165, 1.54) is 12.1 Å². The van der Waals surface area contributed by atoms with E-state index in [1.807, 2.05) is 20.8 Å². The van der Waals surface area contributed by atoms with Crippen molar-refractivity contribution in [3.63, 3.8) is 0 Å². The van der Waals surface area contributed by atoms with E-state index in [2.05, 4.69) is 20.6 Å². The van der Waals surface area contributed by atoms with Crippen LogP contribution in [-0.4, -0.2) is 28.0 Å². The van der Waals surface area contributed by atoms with E-state index in [1.54, 1.807) is 6.07 Å². The highest BCUT2D eigenvalue weighted by Crippen LogP contribution is 2.15. The molecule has 0 bridgehead atoms. The van der Waals surface area contributed by atoms with Gasteiger partial charge in [-0.2, -0.15) is 0 Å². The van der Waals surface area contributed by atoms with Crippen molar-refractivity contribution in [3.05, 3.63) is 24.0 Å². The first kappa shape index (κ1) is 14.3. The third kappa shape index (κ3) is 3.94. The van der Waals surface area contributed by atoms with Crippen molar-refractivity contribution in [3.8, 4) is 0 Å². The van der Waals surface area contributed by atoms with Gasteiger partial charge in [0.05, 0.1) is 11.0 Å². The van der Waals surface area contributed by atoms with Crippen LogP contribution in [0.5, 0.6) is 0 Å². The van der Waals surface area contributed by atoms with Gasteiger partial charge in [-0.3, -0.25) is 4.79 Å². The summed E-state index contributed by atoms with van der Waals surface area (Å²) in [4.78, 5) is 18.9. The number of hydrogen-bond donors (Lipinski definition) is 3. The van der Waals surface area contributed by atoms with Crippen LogP contribution in [0.15, 0.2) is 18.2 Å². The number of benzene rings is 1. The molecule has 2 aromatic rings. The zero-order valence-electron chi connectivity index (χ0n) is 11.9. The smallest absolute Gasteiger partial charge is 0.222 e. The Morgan fingerprint density at radius 1 is 1.40 bits per heavy atom. The highest BCUT2D eigenvalue weighted by Gasteiger charge is 2.13. The van der Waals surface area contributed by atoms with Crippen LogP contribution < -0.4 is 10.6 Å². The highest BCUT2D eigenvalue weighted by atomic mass is 19.1. The molecule has 1 aromatic heterocycles. The minimum absolute atomic E-state index is 0.0212. The number of rotatable bonds is 4. The van der Waals surface area contributed by atoms with Gasteiger partial charge in [0.15, 0.2) is 0 Å². The molecule has 1 amide bonds. The van der Waals surface area contributed by atoms with Gasteiger partial charge >= 0.3 is 0 Å². The molecule has 108 valence electrons. The summed E-state index contributed by atoms with van der Waals surface area (Å²) in [6.07, 6.45) is 0.350. The van der Waals surface area contributed by atoms with Gasteiger partial charge in [-0.1, -0.05) is 0 Å². The SMILES string of the molecule is CC(C)(C)NC(=O)CCNc1nc2ccc(F)cc2[nH]1. The average molecular weight is 278 g/mol. The normalized spacial score (nSPS) is 11.6. The molecule has 1 heterocycles. The van der Waals surface area contributed by atoms with E-state index < -0.39 is 0 Å². The maximum Gasteiger partial charge on any atom is 0.222 e. The molecule has 0 fully saturated rings. The monoisotopic (exact) mass is 278 g/mol. The second kappa shape index (κ2) is 5.48. The molecule has 0 saturated heterocycles. The molecule has 0 spiro atoms. The minimum Gasteiger partial charge on any atom is -0.355 e. The number of fused-ring (bicyclic) bond motifs is 1.